The molecule has 0 aliphatic carbocycles. The van der Waals surface area contributed by atoms with Crippen LogP contribution in [0.25, 0.3) is 0 Å². The predicted molar refractivity (Wildman–Crippen MR) is 103 cm³/mol. The molecule has 1 N–H and O–H groups in total. The number of methoxy groups -OCH3 is 1. The number of amides is 1. The second-order valence-corrected chi connectivity index (χ2v) is 6.29. The summed E-state index contributed by atoms with van der Waals surface area (Å²) >= 11 is 0. The van der Waals surface area contributed by atoms with E-state index in [2.05, 4.69) is 12.2 Å². The van der Waals surface area contributed by atoms with Crippen molar-refractivity contribution >= 4 is 17.6 Å². The van der Waals surface area contributed by atoms with E-state index in [4.69, 9.17) is 18.9 Å². The molecule has 2 aromatic rings. The van der Waals surface area contributed by atoms with Crippen molar-refractivity contribution in [3.8, 4) is 17.2 Å². The van der Waals surface area contributed by atoms with Crippen molar-refractivity contribution in [1.29, 1.82) is 0 Å². The highest BCUT2D eigenvalue weighted by atomic mass is 16.6. The molecule has 1 aliphatic heterocycles. The number of carbonyl (C=O) groups excluding carboxylic acids is 2. The third-order valence-corrected chi connectivity index (χ3v) is 4.35. The largest absolute Gasteiger partial charge is 0.493 e. The molecule has 7 nitrogen and oxygen atoms in total. The number of rotatable bonds is 6. The first kappa shape index (κ1) is 19.5. The van der Waals surface area contributed by atoms with Crippen LogP contribution in [0.15, 0.2) is 36.4 Å². The third-order valence-electron chi connectivity index (χ3n) is 4.35. The number of carbonyl (C=O) groups is 2. The fraction of sp³-hybridized carbons (Fsp3) is 0.333. The number of fused-ring (bicyclic) bond motifs is 1. The van der Waals surface area contributed by atoms with Gasteiger partial charge in [0, 0.05) is 5.69 Å². The average molecular weight is 385 g/mol. The van der Waals surface area contributed by atoms with Gasteiger partial charge in [0.2, 0.25) is 5.75 Å². The zero-order chi connectivity index (χ0) is 20.1. The van der Waals surface area contributed by atoms with Crippen LogP contribution in [0.4, 0.5) is 5.69 Å². The van der Waals surface area contributed by atoms with Gasteiger partial charge >= 0.3 is 5.97 Å². The Kier molecular flexibility index (Phi) is 6.03. The van der Waals surface area contributed by atoms with Gasteiger partial charge < -0.3 is 24.3 Å². The molecule has 3 rings (SSSR count). The number of esters is 1. The number of anilines is 1. The Hall–Kier alpha value is -3.22. The molecule has 2 aromatic carbocycles. The highest BCUT2D eigenvalue weighted by Gasteiger charge is 2.24. The van der Waals surface area contributed by atoms with Gasteiger partial charge in [-0.1, -0.05) is 19.1 Å². The Morgan fingerprint density at radius 1 is 1.14 bits per heavy atom. The van der Waals surface area contributed by atoms with Gasteiger partial charge in [0.1, 0.15) is 13.2 Å². The molecule has 148 valence electrons. The quantitative estimate of drug-likeness (QED) is 0.769. The molecule has 0 saturated heterocycles. The minimum Gasteiger partial charge on any atom is -0.493 e. The molecule has 0 fully saturated rings. The molecule has 7 heteroatoms. The molecular formula is C21H23NO6. The maximum atomic E-state index is 12.5. The van der Waals surface area contributed by atoms with Gasteiger partial charge in [0.05, 0.1) is 12.7 Å². The molecule has 0 aromatic heterocycles. The van der Waals surface area contributed by atoms with Crippen molar-refractivity contribution in [1.82, 2.24) is 0 Å². The fourth-order valence-corrected chi connectivity index (χ4v) is 2.74. The summed E-state index contributed by atoms with van der Waals surface area (Å²) in [5.74, 6) is 0.163. The van der Waals surface area contributed by atoms with E-state index in [-0.39, 0.29) is 5.56 Å². The molecule has 1 heterocycles. The summed E-state index contributed by atoms with van der Waals surface area (Å²) in [5.41, 5.74) is 2.03. The smallest absolute Gasteiger partial charge is 0.339 e. The third kappa shape index (κ3) is 4.36. The first-order valence-electron chi connectivity index (χ1n) is 9.10. The molecule has 0 radical (unpaired) electrons. The maximum absolute atomic E-state index is 12.5. The number of hydrogen-bond acceptors (Lipinski definition) is 6. The van der Waals surface area contributed by atoms with Crippen LogP contribution in [-0.4, -0.2) is 38.3 Å². The summed E-state index contributed by atoms with van der Waals surface area (Å²) in [7, 11) is 1.47. The summed E-state index contributed by atoms with van der Waals surface area (Å²) in [6, 6.07) is 10.5. The molecule has 1 atom stereocenters. The molecule has 0 unspecified atom stereocenters. The van der Waals surface area contributed by atoms with Crippen molar-refractivity contribution in [3.63, 3.8) is 0 Å². The first-order chi connectivity index (χ1) is 13.5. The number of nitrogens with one attached hydrogen (secondary N) is 1. The Morgan fingerprint density at radius 3 is 2.54 bits per heavy atom. The van der Waals surface area contributed by atoms with Crippen molar-refractivity contribution < 1.29 is 28.5 Å². The van der Waals surface area contributed by atoms with Crippen LogP contribution in [0.2, 0.25) is 0 Å². The predicted octanol–water partition coefficient (Wildman–Crippen LogP) is 3.21. The lowest BCUT2D eigenvalue weighted by Gasteiger charge is -2.21. The Morgan fingerprint density at radius 2 is 1.86 bits per heavy atom. The van der Waals surface area contributed by atoms with E-state index in [0.29, 0.717) is 36.1 Å². The lowest BCUT2D eigenvalue weighted by Crippen LogP contribution is -2.30. The van der Waals surface area contributed by atoms with Gasteiger partial charge in [-0.3, -0.25) is 4.79 Å². The van der Waals surface area contributed by atoms with E-state index in [0.717, 1.165) is 6.42 Å². The molecule has 0 bridgehead atoms. The van der Waals surface area contributed by atoms with E-state index < -0.39 is 18.0 Å². The van der Waals surface area contributed by atoms with Crippen molar-refractivity contribution in [2.75, 3.05) is 25.6 Å². The van der Waals surface area contributed by atoms with Crippen LogP contribution in [-0.2, 0) is 16.0 Å². The summed E-state index contributed by atoms with van der Waals surface area (Å²) in [6.45, 7) is 4.36. The van der Waals surface area contributed by atoms with Gasteiger partial charge in [0.15, 0.2) is 17.6 Å². The fourth-order valence-electron chi connectivity index (χ4n) is 2.74. The van der Waals surface area contributed by atoms with Gasteiger partial charge in [-0.25, -0.2) is 4.79 Å². The average Bonchev–Trinajstić information content (AvgIpc) is 2.73. The van der Waals surface area contributed by atoms with Crippen molar-refractivity contribution in [3.05, 3.63) is 47.5 Å². The summed E-state index contributed by atoms with van der Waals surface area (Å²) in [6.07, 6.45) is -0.0566. The van der Waals surface area contributed by atoms with Gasteiger partial charge in [-0.2, -0.15) is 0 Å². The topological polar surface area (TPSA) is 83.1 Å². The van der Waals surface area contributed by atoms with Crippen LogP contribution in [0.5, 0.6) is 17.2 Å². The van der Waals surface area contributed by atoms with Crippen molar-refractivity contribution in [2.24, 2.45) is 0 Å². The Labute approximate surface area is 163 Å². The summed E-state index contributed by atoms with van der Waals surface area (Å²) in [5, 5.41) is 2.74. The molecule has 1 amide bonds. The number of ether oxygens (including phenoxy) is 4. The standard InChI is InChI=1S/C21H23NO6/c1-4-14-5-7-16(8-6-14)22-20(23)13(2)28-21(24)15-11-17(25-3)19-18(12-15)26-9-10-27-19/h5-8,11-13H,4,9-10H2,1-3H3,(H,22,23)/t13-/m1/s1. The highest BCUT2D eigenvalue weighted by molar-refractivity contribution is 5.97. The molecular weight excluding hydrogens is 362 g/mol. The van der Waals surface area contributed by atoms with Gasteiger partial charge in [0.25, 0.3) is 5.91 Å². The number of hydrogen-bond donors (Lipinski definition) is 1. The number of benzene rings is 2. The van der Waals surface area contributed by atoms with Crippen LogP contribution in [0.1, 0.15) is 29.8 Å². The second kappa shape index (κ2) is 8.65. The minimum atomic E-state index is -0.974. The minimum absolute atomic E-state index is 0.216. The molecule has 0 saturated carbocycles. The van der Waals surface area contributed by atoms with Crippen molar-refractivity contribution in [2.45, 2.75) is 26.4 Å². The van der Waals surface area contributed by atoms with E-state index in [1.807, 2.05) is 24.3 Å². The second-order valence-electron chi connectivity index (χ2n) is 6.29. The van der Waals surface area contributed by atoms with E-state index >= 15 is 0 Å². The monoisotopic (exact) mass is 385 g/mol. The SMILES string of the molecule is CCc1ccc(NC(=O)[C@@H](C)OC(=O)c2cc(OC)c3c(c2)OCCO3)cc1. The molecule has 28 heavy (non-hydrogen) atoms. The van der Waals surface area contributed by atoms with Crippen LogP contribution >= 0.6 is 0 Å². The Bertz CT molecular complexity index is 845. The van der Waals surface area contributed by atoms with E-state index in [1.54, 1.807) is 0 Å². The normalized spacial score (nSPS) is 13.4. The summed E-state index contributed by atoms with van der Waals surface area (Å²) in [4.78, 5) is 24.8. The zero-order valence-corrected chi connectivity index (χ0v) is 16.1. The van der Waals surface area contributed by atoms with Gasteiger partial charge in [-0.05, 0) is 43.2 Å². The van der Waals surface area contributed by atoms with Crippen LogP contribution in [0.3, 0.4) is 0 Å². The van der Waals surface area contributed by atoms with Crippen LogP contribution in [0, 0.1) is 0 Å². The maximum Gasteiger partial charge on any atom is 0.339 e. The Balaban J connectivity index is 1.67. The van der Waals surface area contributed by atoms with E-state index in [9.17, 15) is 9.59 Å². The zero-order valence-electron chi connectivity index (χ0n) is 16.1. The highest BCUT2D eigenvalue weighted by Crippen LogP contribution is 2.40. The van der Waals surface area contributed by atoms with E-state index in [1.165, 1.54) is 31.7 Å². The van der Waals surface area contributed by atoms with Crippen LogP contribution < -0.4 is 19.5 Å². The molecule has 0 spiro atoms. The lowest BCUT2D eigenvalue weighted by molar-refractivity contribution is -0.123. The molecule has 1 aliphatic rings. The van der Waals surface area contributed by atoms with Gasteiger partial charge in [-0.15, -0.1) is 0 Å². The number of aryl methyl sites for hydroxylation is 1. The summed E-state index contributed by atoms with van der Waals surface area (Å²) < 4.78 is 21.6. The lowest BCUT2D eigenvalue weighted by atomic mass is 10.1. The first-order valence-corrected chi connectivity index (χ1v) is 9.10.